The fraction of sp³-hybridized carbons (Fsp3) is 0.231. The maximum atomic E-state index is 12.3. The quantitative estimate of drug-likeness (QED) is 0.570. The van der Waals surface area contributed by atoms with Gasteiger partial charge in [-0.15, -0.1) is 0 Å². The summed E-state index contributed by atoms with van der Waals surface area (Å²) in [5.41, 5.74) is 6.65. The number of aliphatic carboxylic acids is 1. The Morgan fingerprint density at radius 2 is 1.45 bits per heavy atom. The zero-order valence-corrected chi connectivity index (χ0v) is 17.4. The molecule has 0 aromatic heterocycles. The molecule has 0 radical (unpaired) electrons. The van der Waals surface area contributed by atoms with E-state index in [0.29, 0.717) is 13.0 Å². The van der Waals surface area contributed by atoms with Gasteiger partial charge in [0.2, 0.25) is 0 Å². The average molecular weight is 415 g/mol. The Morgan fingerprint density at radius 1 is 0.903 bits per heavy atom. The van der Waals surface area contributed by atoms with Gasteiger partial charge in [0.05, 0.1) is 5.92 Å². The van der Waals surface area contributed by atoms with Crippen LogP contribution in [0.3, 0.4) is 0 Å². The number of carbonyl (C=O) groups is 2. The van der Waals surface area contributed by atoms with Gasteiger partial charge in [0.15, 0.2) is 0 Å². The van der Waals surface area contributed by atoms with Gasteiger partial charge in [0, 0.05) is 12.5 Å². The van der Waals surface area contributed by atoms with E-state index in [2.05, 4.69) is 29.6 Å². The predicted octanol–water partition coefficient (Wildman–Crippen LogP) is 4.99. The third-order valence-electron chi connectivity index (χ3n) is 5.77. The van der Waals surface area contributed by atoms with Crippen LogP contribution in [0.1, 0.15) is 35.1 Å². The second-order valence-corrected chi connectivity index (χ2v) is 7.94. The van der Waals surface area contributed by atoms with Crippen molar-refractivity contribution < 1.29 is 19.4 Å². The van der Waals surface area contributed by atoms with Crippen molar-refractivity contribution in [1.29, 1.82) is 0 Å². The van der Waals surface area contributed by atoms with E-state index in [1.54, 1.807) is 6.92 Å². The maximum Gasteiger partial charge on any atom is 0.407 e. The van der Waals surface area contributed by atoms with Gasteiger partial charge >= 0.3 is 12.1 Å². The van der Waals surface area contributed by atoms with Crippen LogP contribution in [0.4, 0.5) is 4.79 Å². The first-order valence-electron chi connectivity index (χ1n) is 10.4. The van der Waals surface area contributed by atoms with Gasteiger partial charge in [-0.2, -0.15) is 0 Å². The Hall–Kier alpha value is -3.60. The molecule has 1 aliphatic carbocycles. The van der Waals surface area contributed by atoms with Crippen molar-refractivity contribution in [2.75, 3.05) is 6.61 Å². The third kappa shape index (κ3) is 4.61. The van der Waals surface area contributed by atoms with Crippen LogP contribution >= 0.6 is 0 Å². The van der Waals surface area contributed by atoms with Crippen LogP contribution < -0.4 is 5.32 Å². The summed E-state index contributed by atoms with van der Waals surface area (Å²) in [4.78, 5) is 23.3. The number of hydrogen-bond acceptors (Lipinski definition) is 3. The van der Waals surface area contributed by atoms with E-state index >= 15 is 0 Å². The lowest BCUT2D eigenvalue weighted by Crippen LogP contribution is -2.25. The minimum absolute atomic E-state index is 0.0358. The second-order valence-electron chi connectivity index (χ2n) is 7.94. The number of hydrogen-bond donors (Lipinski definition) is 2. The average Bonchev–Trinajstić information content (AvgIpc) is 3.11. The van der Waals surface area contributed by atoms with E-state index in [0.717, 1.165) is 11.1 Å². The molecule has 4 rings (SSSR count). The topological polar surface area (TPSA) is 75.6 Å². The first-order chi connectivity index (χ1) is 15.0. The molecule has 1 atom stereocenters. The van der Waals surface area contributed by atoms with E-state index in [-0.39, 0.29) is 12.5 Å². The van der Waals surface area contributed by atoms with Crippen LogP contribution in [0.5, 0.6) is 0 Å². The monoisotopic (exact) mass is 415 g/mol. The standard InChI is InChI=1S/C26H25NO4/c1-17(25(28)29)14-18-10-12-19(13-11-18)15-27-26(30)31-16-24-22-8-4-2-6-20(22)21-7-3-5-9-23(21)24/h2-13,17,24H,14-16H2,1H3,(H,27,30)(H,28,29). The number of benzene rings is 3. The number of amides is 1. The van der Waals surface area contributed by atoms with Crippen LogP contribution in [-0.4, -0.2) is 23.8 Å². The summed E-state index contributed by atoms with van der Waals surface area (Å²) in [5, 5.41) is 11.8. The molecule has 158 valence electrons. The van der Waals surface area contributed by atoms with Crippen molar-refractivity contribution in [1.82, 2.24) is 5.32 Å². The maximum absolute atomic E-state index is 12.3. The molecule has 0 fully saturated rings. The lowest BCUT2D eigenvalue weighted by atomic mass is 9.98. The molecule has 0 saturated heterocycles. The third-order valence-corrected chi connectivity index (χ3v) is 5.77. The molecular formula is C26H25NO4. The van der Waals surface area contributed by atoms with Gasteiger partial charge in [-0.25, -0.2) is 4.79 Å². The fourth-order valence-corrected chi connectivity index (χ4v) is 4.06. The first-order valence-corrected chi connectivity index (χ1v) is 10.4. The van der Waals surface area contributed by atoms with Gasteiger partial charge in [0.1, 0.15) is 6.61 Å². The Morgan fingerprint density at radius 3 is 2.03 bits per heavy atom. The molecule has 0 saturated carbocycles. The summed E-state index contributed by atoms with van der Waals surface area (Å²) in [6.07, 6.45) is 0.0283. The zero-order valence-electron chi connectivity index (χ0n) is 17.4. The van der Waals surface area contributed by atoms with Crippen LogP contribution in [-0.2, 0) is 22.5 Å². The summed E-state index contributed by atoms with van der Waals surface area (Å²) in [6.45, 7) is 2.33. The number of ether oxygens (including phenoxy) is 1. The predicted molar refractivity (Wildman–Crippen MR) is 119 cm³/mol. The molecule has 1 amide bonds. The lowest BCUT2D eigenvalue weighted by Gasteiger charge is -2.14. The normalized spacial score (nSPS) is 13.2. The zero-order chi connectivity index (χ0) is 21.8. The molecule has 1 aliphatic rings. The van der Waals surface area contributed by atoms with Crippen molar-refractivity contribution >= 4 is 12.1 Å². The Balaban J connectivity index is 1.32. The summed E-state index contributed by atoms with van der Waals surface area (Å²) < 4.78 is 5.55. The molecule has 0 bridgehead atoms. The van der Waals surface area contributed by atoms with Gasteiger partial charge in [-0.3, -0.25) is 4.79 Å². The molecule has 0 aliphatic heterocycles. The number of nitrogens with one attached hydrogen (secondary N) is 1. The molecule has 31 heavy (non-hydrogen) atoms. The van der Waals surface area contributed by atoms with Crippen LogP contribution in [0.15, 0.2) is 72.8 Å². The first kappa shape index (κ1) is 20.7. The van der Waals surface area contributed by atoms with E-state index in [1.165, 1.54) is 22.3 Å². The minimum atomic E-state index is -0.805. The van der Waals surface area contributed by atoms with Crippen molar-refractivity contribution in [3.63, 3.8) is 0 Å². The van der Waals surface area contributed by atoms with Crippen LogP contribution in [0.2, 0.25) is 0 Å². The Kier molecular flexibility index (Phi) is 6.03. The molecular weight excluding hydrogens is 390 g/mol. The molecule has 5 nitrogen and oxygen atoms in total. The molecule has 0 heterocycles. The number of alkyl carbamates (subject to hydrolysis) is 1. The largest absolute Gasteiger partial charge is 0.481 e. The van der Waals surface area contributed by atoms with E-state index in [1.807, 2.05) is 48.5 Å². The van der Waals surface area contributed by atoms with Crippen LogP contribution in [0, 0.1) is 5.92 Å². The van der Waals surface area contributed by atoms with Gasteiger partial charge < -0.3 is 15.2 Å². The number of carboxylic acid groups (broad SMARTS) is 1. The van der Waals surface area contributed by atoms with Crippen LogP contribution in [0.25, 0.3) is 11.1 Å². The summed E-state index contributed by atoms with van der Waals surface area (Å²) in [6, 6.07) is 24.1. The van der Waals surface area contributed by atoms with Gasteiger partial charge in [-0.1, -0.05) is 79.7 Å². The molecule has 5 heteroatoms. The highest BCUT2D eigenvalue weighted by molar-refractivity contribution is 5.79. The highest BCUT2D eigenvalue weighted by Gasteiger charge is 2.28. The number of rotatable bonds is 7. The molecule has 1 unspecified atom stereocenters. The van der Waals surface area contributed by atoms with E-state index in [9.17, 15) is 9.59 Å². The summed E-state index contributed by atoms with van der Waals surface area (Å²) in [5.74, 6) is -1.19. The molecule has 0 spiro atoms. The Bertz CT molecular complexity index is 1050. The summed E-state index contributed by atoms with van der Waals surface area (Å²) in [7, 11) is 0. The molecule has 2 N–H and O–H groups in total. The number of fused-ring (bicyclic) bond motifs is 3. The van der Waals surface area contributed by atoms with Crippen molar-refractivity contribution in [3.8, 4) is 11.1 Å². The Labute approximate surface area is 181 Å². The molecule has 3 aromatic carbocycles. The fourth-order valence-electron chi connectivity index (χ4n) is 4.06. The van der Waals surface area contributed by atoms with E-state index in [4.69, 9.17) is 9.84 Å². The summed E-state index contributed by atoms with van der Waals surface area (Å²) >= 11 is 0. The smallest absolute Gasteiger partial charge is 0.407 e. The minimum Gasteiger partial charge on any atom is -0.481 e. The van der Waals surface area contributed by atoms with Crippen molar-refractivity contribution in [2.45, 2.75) is 25.8 Å². The highest BCUT2D eigenvalue weighted by atomic mass is 16.5. The molecule has 3 aromatic rings. The van der Waals surface area contributed by atoms with Gasteiger partial charge in [0.25, 0.3) is 0 Å². The van der Waals surface area contributed by atoms with E-state index < -0.39 is 18.0 Å². The lowest BCUT2D eigenvalue weighted by molar-refractivity contribution is -0.141. The SMILES string of the molecule is CC(Cc1ccc(CNC(=O)OCC2c3ccccc3-c3ccccc32)cc1)C(=O)O. The number of carbonyl (C=O) groups excluding carboxylic acids is 1. The van der Waals surface area contributed by atoms with Crippen molar-refractivity contribution in [2.24, 2.45) is 5.92 Å². The van der Waals surface area contributed by atoms with Gasteiger partial charge in [-0.05, 0) is 39.8 Å². The number of carboxylic acids is 1. The second kappa shape index (κ2) is 9.04. The highest BCUT2D eigenvalue weighted by Crippen LogP contribution is 2.44. The van der Waals surface area contributed by atoms with Crippen molar-refractivity contribution in [3.05, 3.63) is 95.1 Å².